The number of aromatic nitrogens is 1. The van der Waals surface area contributed by atoms with Gasteiger partial charge in [-0.25, -0.2) is 0 Å². The zero-order valence-corrected chi connectivity index (χ0v) is 18.1. The second-order valence-corrected chi connectivity index (χ2v) is 7.69. The second-order valence-electron chi connectivity index (χ2n) is 7.69. The molecule has 162 valence electrons. The van der Waals surface area contributed by atoms with Crippen molar-refractivity contribution in [2.75, 3.05) is 33.3 Å². The van der Waals surface area contributed by atoms with E-state index in [1.807, 2.05) is 43.0 Å². The van der Waals surface area contributed by atoms with Crippen LogP contribution in [0, 0.1) is 13.8 Å². The van der Waals surface area contributed by atoms with Gasteiger partial charge in [0.05, 0.1) is 25.3 Å². The summed E-state index contributed by atoms with van der Waals surface area (Å²) in [6.45, 7) is 9.04. The molecule has 1 aliphatic rings. The number of rotatable bonds is 7. The van der Waals surface area contributed by atoms with Crippen LogP contribution < -0.4 is 10.1 Å². The van der Waals surface area contributed by atoms with Gasteiger partial charge < -0.3 is 19.5 Å². The number of hydrogen-bond donors (Lipinski definition) is 1. The van der Waals surface area contributed by atoms with E-state index < -0.39 is 0 Å². The molecule has 0 saturated carbocycles. The largest absolute Gasteiger partial charge is 0.497 e. The molecule has 1 unspecified atom stereocenters. The molecule has 8 nitrogen and oxygen atoms in total. The number of piperazine rings is 1. The quantitative estimate of drug-likeness (QED) is 0.747. The molecule has 0 aliphatic carbocycles. The maximum atomic E-state index is 12.9. The van der Waals surface area contributed by atoms with Gasteiger partial charge in [0.15, 0.2) is 0 Å². The third kappa shape index (κ3) is 5.38. The number of hydrogen-bond acceptors (Lipinski definition) is 6. The maximum Gasteiger partial charge on any atom is 0.225 e. The minimum Gasteiger partial charge on any atom is -0.497 e. The molecule has 1 saturated heterocycles. The first-order valence-electron chi connectivity index (χ1n) is 10.2. The summed E-state index contributed by atoms with van der Waals surface area (Å²) >= 11 is 0. The topological polar surface area (TPSA) is 87.9 Å². The lowest BCUT2D eigenvalue weighted by Gasteiger charge is -2.35. The van der Waals surface area contributed by atoms with Crippen molar-refractivity contribution >= 4 is 11.8 Å². The van der Waals surface area contributed by atoms with Gasteiger partial charge in [0.2, 0.25) is 11.8 Å². The first-order valence-corrected chi connectivity index (χ1v) is 10.2. The Morgan fingerprint density at radius 3 is 2.37 bits per heavy atom. The molecule has 1 atom stereocenters. The van der Waals surface area contributed by atoms with Crippen molar-refractivity contribution in [3.05, 3.63) is 46.8 Å². The molecule has 1 aliphatic heterocycles. The van der Waals surface area contributed by atoms with Crippen LogP contribution in [-0.4, -0.2) is 60.1 Å². The molecule has 3 rings (SSSR count). The van der Waals surface area contributed by atoms with E-state index in [9.17, 15) is 9.59 Å². The number of amides is 2. The minimum atomic E-state index is -0.360. The van der Waals surface area contributed by atoms with E-state index in [-0.39, 0.29) is 24.3 Å². The highest BCUT2D eigenvalue weighted by molar-refractivity contribution is 5.79. The van der Waals surface area contributed by atoms with E-state index >= 15 is 0 Å². The molecule has 2 aromatic rings. The maximum absolute atomic E-state index is 12.9. The smallest absolute Gasteiger partial charge is 0.225 e. The van der Waals surface area contributed by atoms with Gasteiger partial charge in [0.1, 0.15) is 11.5 Å². The van der Waals surface area contributed by atoms with E-state index in [0.29, 0.717) is 13.1 Å². The van der Waals surface area contributed by atoms with Crippen LogP contribution in [0.15, 0.2) is 28.8 Å². The summed E-state index contributed by atoms with van der Waals surface area (Å²) < 4.78 is 10.4. The van der Waals surface area contributed by atoms with Gasteiger partial charge in [0.25, 0.3) is 0 Å². The molecule has 30 heavy (non-hydrogen) atoms. The van der Waals surface area contributed by atoms with Crippen LogP contribution in [0.25, 0.3) is 0 Å². The third-order valence-electron chi connectivity index (χ3n) is 5.56. The van der Waals surface area contributed by atoms with Crippen molar-refractivity contribution in [2.24, 2.45) is 0 Å². The van der Waals surface area contributed by atoms with Crippen molar-refractivity contribution in [1.82, 2.24) is 20.3 Å². The van der Waals surface area contributed by atoms with Crippen molar-refractivity contribution in [1.29, 1.82) is 0 Å². The lowest BCUT2D eigenvalue weighted by Crippen LogP contribution is -2.49. The van der Waals surface area contributed by atoms with E-state index in [1.54, 1.807) is 7.11 Å². The summed E-state index contributed by atoms with van der Waals surface area (Å²) in [5.74, 6) is 1.47. The third-order valence-corrected chi connectivity index (χ3v) is 5.56. The lowest BCUT2D eigenvalue weighted by molar-refractivity contribution is -0.133. The van der Waals surface area contributed by atoms with E-state index in [4.69, 9.17) is 9.26 Å². The SMILES string of the molecule is COc1ccc(C(CC(=O)N2CCN(Cc3c(C)noc3C)CC2)NC(C)=O)cc1. The normalized spacial score (nSPS) is 15.7. The molecule has 1 aromatic carbocycles. The Morgan fingerprint density at radius 1 is 1.17 bits per heavy atom. The highest BCUT2D eigenvalue weighted by Crippen LogP contribution is 2.22. The molecule has 8 heteroatoms. The fourth-order valence-electron chi connectivity index (χ4n) is 3.74. The van der Waals surface area contributed by atoms with Gasteiger partial charge in [-0.15, -0.1) is 0 Å². The van der Waals surface area contributed by atoms with Crippen LogP contribution in [0.2, 0.25) is 0 Å². The molecule has 2 heterocycles. The van der Waals surface area contributed by atoms with E-state index in [1.165, 1.54) is 6.92 Å². The highest BCUT2D eigenvalue weighted by atomic mass is 16.5. The van der Waals surface area contributed by atoms with Gasteiger partial charge in [-0.1, -0.05) is 17.3 Å². The molecule has 2 amide bonds. The van der Waals surface area contributed by atoms with Crippen LogP contribution in [-0.2, 0) is 16.1 Å². The Hall–Kier alpha value is -2.87. The number of carbonyl (C=O) groups excluding carboxylic acids is 2. The summed E-state index contributed by atoms with van der Waals surface area (Å²) in [7, 11) is 1.61. The van der Waals surface area contributed by atoms with Crippen LogP contribution in [0.4, 0.5) is 0 Å². The van der Waals surface area contributed by atoms with Crippen molar-refractivity contribution in [3.8, 4) is 5.75 Å². The predicted molar refractivity (Wildman–Crippen MR) is 112 cm³/mol. The van der Waals surface area contributed by atoms with Crippen molar-refractivity contribution in [2.45, 2.75) is 39.8 Å². The van der Waals surface area contributed by atoms with Gasteiger partial charge in [-0.2, -0.15) is 0 Å². The van der Waals surface area contributed by atoms with Crippen molar-refractivity contribution < 1.29 is 18.8 Å². The molecule has 0 bridgehead atoms. The van der Waals surface area contributed by atoms with E-state index in [0.717, 1.165) is 48.0 Å². The Labute approximate surface area is 177 Å². The fraction of sp³-hybridized carbons (Fsp3) is 0.500. The van der Waals surface area contributed by atoms with Gasteiger partial charge in [-0.3, -0.25) is 14.5 Å². The predicted octanol–water partition coefficient (Wildman–Crippen LogP) is 2.21. The monoisotopic (exact) mass is 414 g/mol. The average Bonchev–Trinajstić information content (AvgIpc) is 3.05. The average molecular weight is 415 g/mol. The molecule has 0 spiro atoms. The second kappa shape index (κ2) is 9.75. The Morgan fingerprint density at radius 2 is 1.83 bits per heavy atom. The molecule has 1 N–H and O–H groups in total. The van der Waals surface area contributed by atoms with Crippen LogP contribution in [0.5, 0.6) is 5.75 Å². The molecule has 1 aromatic heterocycles. The molecular weight excluding hydrogens is 384 g/mol. The standard InChI is InChI=1S/C22H30N4O4/c1-15-20(16(2)30-24-15)14-25-9-11-26(12-10-25)22(28)13-21(23-17(3)27)18-5-7-19(29-4)8-6-18/h5-8,21H,9-14H2,1-4H3,(H,23,27). The van der Waals surface area contributed by atoms with Crippen LogP contribution in [0.3, 0.4) is 0 Å². The van der Waals surface area contributed by atoms with Crippen LogP contribution >= 0.6 is 0 Å². The zero-order chi connectivity index (χ0) is 21.7. The van der Waals surface area contributed by atoms with Gasteiger partial charge >= 0.3 is 0 Å². The number of nitrogens with zero attached hydrogens (tertiary/aromatic N) is 3. The first-order chi connectivity index (χ1) is 14.4. The minimum absolute atomic E-state index is 0.0431. The van der Waals surface area contributed by atoms with E-state index in [2.05, 4.69) is 15.4 Å². The Bertz CT molecular complexity index is 850. The zero-order valence-electron chi connectivity index (χ0n) is 18.1. The summed E-state index contributed by atoms with van der Waals surface area (Å²) in [4.78, 5) is 28.8. The lowest BCUT2D eigenvalue weighted by atomic mass is 10.0. The number of ether oxygens (including phenoxy) is 1. The van der Waals surface area contributed by atoms with Crippen LogP contribution in [0.1, 0.15) is 42.0 Å². The first kappa shape index (κ1) is 21.8. The van der Waals surface area contributed by atoms with Gasteiger partial charge in [0, 0.05) is 45.2 Å². The number of benzene rings is 1. The Kier molecular flexibility index (Phi) is 7.10. The number of nitrogens with one attached hydrogen (secondary N) is 1. The van der Waals surface area contributed by atoms with Gasteiger partial charge in [-0.05, 0) is 31.5 Å². The molecular formula is C22H30N4O4. The summed E-state index contributed by atoms with van der Waals surface area (Å²) in [6.07, 6.45) is 0.232. The molecule has 1 fully saturated rings. The number of carbonyl (C=O) groups is 2. The fourth-order valence-corrected chi connectivity index (χ4v) is 3.74. The summed E-state index contributed by atoms with van der Waals surface area (Å²) in [6, 6.07) is 7.08. The number of aryl methyl sites for hydroxylation is 2. The van der Waals surface area contributed by atoms with Crippen molar-refractivity contribution in [3.63, 3.8) is 0 Å². The Balaban J connectivity index is 1.57. The highest BCUT2D eigenvalue weighted by Gasteiger charge is 2.25. The summed E-state index contributed by atoms with van der Waals surface area (Å²) in [5, 5.41) is 6.91. The number of methoxy groups -OCH3 is 1. The molecule has 0 radical (unpaired) electrons. The summed E-state index contributed by atoms with van der Waals surface area (Å²) in [5.41, 5.74) is 2.93.